The van der Waals surface area contributed by atoms with E-state index in [-0.39, 0.29) is 24.0 Å². The Kier molecular flexibility index (Phi) is 5.30. The maximum Gasteiger partial charge on any atom is 0.283 e. The summed E-state index contributed by atoms with van der Waals surface area (Å²) in [6.07, 6.45) is 0. The molecule has 10 heteroatoms. The van der Waals surface area contributed by atoms with Gasteiger partial charge < -0.3 is 15.4 Å². The molecule has 0 saturated carbocycles. The highest BCUT2D eigenvalue weighted by Gasteiger charge is 2.14. The minimum Gasteiger partial charge on any atom is -0.493 e. The van der Waals surface area contributed by atoms with Gasteiger partial charge in [-0.15, -0.1) is 21.6 Å². The normalized spacial score (nSPS) is 11.3. The summed E-state index contributed by atoms with van der Waals surface area (Å²) >= 11 is 8.01. The minimum atomic E-state index is -0.632. The molecule has 0 radical (unpaired) electrons. The average Bonchev–Trinajstić information content (AvgIpc) is 3.19. The van der Waals surface area contributed by atoms with Crippen molar-refractivity contribution in [3.63, 3.8) is 0 Å². The molecule has 0 bridgehead atoms. The first-order chi connectivity index (χ1) is 12.0. The van der Waals surface area contributed by atoms with E-state index in [2.05, 4.69) is 52.4 Å². The number of azo groups is 1. The van der Waals surface area contributed by atoms with Gasteiger partial charge in [-0.3, -0.25) is 9.59 Å². The monoisotopic (exact) mass is 484 g/mol. The van der Waals surface area contributed by atoms with Crippen LogP contribution in [0, 0.1) is 0 Å². The lowest BCUT2D eigenvalue weighted by Gasteiger charge is -1.99. The van der Waals surface area contributed by atoms with Crippen LogP contribution in [-0.4, -0.2) is 28.4 Å². The summed E-state index contributed by atoms with van der Waals surface area (Å²) in [5, 5.41) is 22.2. The number of carbonyl (C=O) groups excluding carboxylic acids is 2. The highest BCUT2D eigenvalue weighted by molar-refractivity contribution is 9.11. The summed E-state index contributed by atoms with van der Waals surface area (Å²) in [6.45, 7) is -0.281. The molecule has 128 valence electrons. The molecule has 3 rings (SSSR count). The van der Waals surface area contributed by atoms with E-state index in [9.17, 15) is 14.7 Å². The van der Waals surface area contributed by atoms with Gasteiger partial charge in [0.25, 0.3) is 11.8 Å². The van der Waals surface area contributed by atoms with Crippen LogP contribution in [0.1, 0.15) is 9.67 Å². The van der Waals surface area contributed by atoms with Gasteiger partial charge in [0.05, 0.1) is 10.4 Å². The predicted molar refractivity (Wildman–Crippen MR) is 102 cm³/mol. The fourth-order valence-electron chi connectivity index (χ4n) is 2.09. The Hall–Kier alpha value is -2.04. The number of amides is 2. The number of aromatic hydroxyl groups is 1. The number of thiophene rings is 1. The van der Waals surface area contributed by atoms with Crippen molar-refractivity contribution >= 4 is 71.6 Å². The zero-order valence-corrected chi connectivity index (χ0v) is 16.4. The molecule has 0 spiro atoms. The minimum absolute atomic E-state index is 0.148. The zero-order valence-electron chi connectivity index (χ0n) is 12.4. The highest BCUT2D eigenvalue weighted by atomic mass is 79.9. The van der Waals surface area contributed by atoms with Gasteiger partial charge in [0.2, 0.25) is 5.88 Å². The number of hydrogen-bond acceptors (Lipinski definition) is 5. The highest BCUT2D eigenvalue weighted by Crippen LogP contribution is 2.40. The van der Waals surface area contributed by atoms with Crippen molar-refractivity contribution < 1.29 is 14.7 Å². The summed E-state index contributed by atoms with van der Waals surface area (Å²) in [4.78, 5) is 26.9. The standard InChI is InChI=1S/C15H10Br2N4O3S/c16-7-4-8-12(9(17)5-7)19-15(24)13(8)21-20-11(22)6-18-14(23)10-2-1-3-25-10/h1-5,19,24H,6H2,(H,18,23). The summed E-state index contributed by atoms with van der Waals surface area (Å²) in [7, 11) is 0. The van der Waals surface area contributed by atoms with Crippen LogP contribution >= 0.6 is 43.2 Å². The van der Waals surface area contributed by atoms with Crippen LogP contribution in [-0.2, 0) is 4.79 Å². The van der Waals surface area contributed by atoms with Crippen LogP contribution in [0.2, 0.25) is 0 Å². The second kappa shape index (κ2) is 7.46. The molecule has 2 heterocycles. The largest absolute Gasteiger partial charge is 0.493 e. The van der Waals surface area contributed by atoms with Gasteiger partial charge in [0.1, 0.15) is 6.54 Å². The topological polar surface area (TPSA) is 107 Å². The Bertz CT molecular complexity index is 982. The number of rotatable bonds is 4. The number of nitrogens with one attached hydrogen (secondary N) is 2. The van der Waals surface area contributed by atoms with Crippen LogP contribution < -0.4 is 5.32 Å². The second-order valence-electron chi connectivity index (χ2n) is 4.89. The molecule has 3 N–H and O–H groups in total. The fourth-order valence-corrected chi connectivity index (χ4v) is 4.05. The first-order valence-corrected chi connectivity index (χ1v) is 9.38. The maximum atomic E-state index is 11.8. The molecule has 25 heavy (non-hydrogen) atoms. The third kappa shape index (κ3) is 3.97. The molecule has 7 nitrogen and oxygen atoms in total. The van der Waals surface area contributed by atoms with E-state index in [0.29, 0.717) is 15.8 Å². The lowest BCUT2D eigenvalue weighted by atomic mass is 10.2. The van der Waals surface area contributed by atoms with E-state index in [1.165, 1.54) is 11.3 Å². The SMILES string of the molecule is O=C(CNC(=O)c1cccs1)N=Nc1c(O)[nH]c2c(Br)cc(Br)cc12. The number of aromatic amines is 1. The van der Waals surface area contributed by atoms with Crippen molar-refractivity contribution in [2.75, 3.05) is 6.54 Å². The lowest BCUT2D eigenvalue weighted by Crippen LogP contribution is -2.27. The first kappa shape index (κ1) is 17.8. The van der Waals surface area contributed by atoms with Gasteiger partial charge in [0, 0.05) is 14.3 Å². The van der Waals surface area contributed by atoms with Crippen molar-refractivity contribution in [2.45, 2.75) is 0 Å². The molecule has 2 aromatic heterocycles. The lowest BCUT2D eigenvalue weighted by molar-refractivity contribution is -0.117. The summed E-state index contributed by atoms with van der Waals surface area (Å²) in [5.41, 5.74) is 0.781. The van der Waals surface area contributed by atoms with E-state index in [1.807, 2.05) is 6.07 Å². The van der Waals surface area contributed by atoms with Gasteiger partial charge in [-0.2, -0.15) is 0 Å². The average molecular weight is 486 g/mol. The third-order valence-electron chi connectivity index (χ3n) is 3.18. The number of aromatic nitrogens is 1. The van der Waals surface area contributed by atoms with Crippen molar-refractivity contribution in [2.24, 2.45) is 10.2 Å². The van der Waals surface area contributed by atoms with Crippen LogP contribution in [0.3, 0.4) is 0 Å². The Balaban J connectivity index is 1.73. The van der Waals surface area contributed by atoms with Crippen molar-refractivity contribution in [3.8, 4) is 5.88 Å². The molecule has 0 atom stereocenters. The van der Waals surface area contributed by atoms with Gasteiger partial charge in [-0.25, -0.2) is 0 Å². The summed E-state index contributed by atoms with van der Waals surface area (Å²) in [6, 6.07) is 6.96. The smallest absolute Gasteiger partial charge is 0.283 e. The van der Waals surface area contributed by atoms with Crippen molar-refractivity contribution in [1.29, 1.82) is 0 Å². The number of nitrogens with zero attached hydrogens (tertiary/aromatic N) is 2. The fraction of sp³-hybridized carbons (Fsp3) is 0.0667. The molecule has 2 amide bonds. The van der Waals surface area contributed by atoms with E-state index in [4.69, 9.17) is 0 Å². The third-order valence-corrected chi connectivity index (χ3v) is 5.14. The molecule has 3 aromatic rings. The molecule has 0 fully saturated rings. The predicted octanol–water partition coefficient (Wildman–Crippen LogP) is 4.50. The van der Waals surface area contributed by atoms with E-state index in [1.54, 1.807) is 23.6 Å². The number of benzene rings is 1. The van der Waals surface area contributed by atoms with Gasteiger partial charge in [0.15, 0.2) is 5.69 Å². The van der Waals surface area contributed by atoms with E-state index >= 15 is 0 Å². The summed E-state index contributed by atoms with van der Waals surface area (Å²) < 4.78 is 1.50. The van der Waals surface area contributed by atoms with E-state index < -0.39 is 5.91 Å². The number of fused-ring (bicyclic) bond motifs is 1. The Morgan fingerprint density at radius 1 is 1.32 bits per heavy atom. The Morgan fingerprint density at radius 3 is 2.84 bits per heavy atom. The maximum absolute atomic E-state index is 11.8. The van der Waals surface area contributed by atoms with Crippen molar-refractivity contribution in [1.82, 2.24) is 10.3 Å². The molecule has 0 aliphatic heterocycles. The number of H-pyrrole nitrogens is 1. The number of carbonyl (C=O) groups is 2. The molecule has 0 unspecified atom stereocenters. The molecule has 1 aromatic carbocycles. The molecule has 0 saturated heterocycles. The number of halogens is 2. The quantitative estimate of drug-likeness (QED) is 0.473. The van der Waals surface area contributed by atoms with Crippen molar-refractivity contribution in [3.05, 3.63) is 43.5 Å². The second-order valence-corrected chi connectivity index (χ2v) is 7.60. The van der Waals surface area contributed by atoms with Gasteiger partial charge in [-0.05, 0) is 39.5 Å². The van der Waals surface area contributed by atoms with Crippen LogP contribution in [0.25, 0.3) is 10.9 Å². The van der Waals surface area contributed by atoms with Gasteiger partial charge in [-0.1, -0.05) is 22.0 Å². The number of hydrogen-bond donors (Lipinski definition) is 3. The van der Waals surface area contributed by atoms with Gasteiger partial charge >= 0.3 is 0 Å². The molecule has 0 aliphatic carbocycles. The van der Waals surface area contributed by atoms with Crippen LogP contribution in [0.15, 0.2) is 48.8 Å². The Labute approximate surface area is 162 Å². The van der Waals surface area contributed by atoms with Crippen LogP contribution in [0.4, 0.5) is 5.69 Å². The molecule has 0 aliphatic rings. The Morgan fingerprint density at radius 2 is 2.12 bits per heavy atom. The van der Waals surface area contributed by atoms with Crippen LogP contribution in [0.5, 0.6) is 5.88 Å². The zero-order chi connectivity index (χ0) is 18.0. The molecular weight excluding hydrogens is 476 g/mol. The summed E-state index contributed by atoms with van der Waals surface area (Å²) in [5.74, 6) is -1.18. The van der Waals surface area contributed by atoms with E-state index in [0.717, 1.165) is 8.95 Å². The first-order valence-electron chi connectivity index (χ1n) is 6.91. The molecular formula is C15H10Br2N4O3S.